The van der Waals surface area contributed by atoms with E-state index in [1.54, 1.807) is 0 Å². The molecule has 1 atom stereocenters. The summed E-state index contributed by atoms with van der Waals surface area (Å²) in [4.78, 5) is 20.6. The van der Waals surface area contributed by atoms with Crippen LogP contribution in [0.1, 0.15) is 38.3 Å². The van der Waals surface area contributed by atoms with Crippen LogP contribution in [0.25, 0.3) is 101 Å². The first kappa shape index (κ1) is 37.0. The number of hydrogen-bond acceptors (Lipinski definition) is 4. The molecule has 0 saturated carbocycles. The monoisotopic (exact) mass is 809 g/mol. The minimum atomic E-state index is -0.0222. The second-order valence-electron chi connectivity index (χ2n) is 17.5. The van der Waals surface area contributed by atoms with Crippen LogP contribution in [0, 0.1) is 5.92 Å². The first-order valence-electron chi connectivity index (χ1n) is 21.9. The van der Waals surface area contributed by atoms with Crippen LogP contribution >= 0.6 is 0 Å². The molecule has 0 fully saturated rings. The van der Waals surface area contributed by atoms with E-state index >= 15 is 0 Å². The second kappa shape index (κ2) is 14.4. The summed E-state index contributed by atoms with van der Waals surface area (Å²) in [6, 6.07) is 62.1. The molecule has 5 heteroatoms. The number of allylic oxidation sites excluding steroid dienone is 4. The van der Waals surface area contributed by atoms with Crippen molar-refractivity contribution in [3.63, 3.8) is 0 Å². The molecule has 2 aliphatic carbocycles. The van der Waals surface area contributed by atoms with Crippen LogP contribution < -0.4 is 0 Å². The summed E-state index contributed by atoms with van der Waals surface area (Å²) in [6.07, 6.45) is 5.83. The van der Waals surface area contributed by atoms with Crippen molar-refractivity contribution >= 4 is 38.3 Å². The predicted octanol–water partition coefficient (Wildman–Crippen LogP) is 14.5. The van der Waals surface area contributed by atoms with Gasteiger partial charge in [0, 0.05) is 49.5 Å². The Kier molecular flexibility index (Phi) is 8.48. The maximum atomic E-state index is 5.35. The molecule has 0 bridgehead atoms. The van der Waals surface area contributed by atoms with Gasteiger partial charge in [-0.25, -0.2) is 19.9 Å². The van der Waals surface area contributed by atoms with E-state index in [2.05, 4.69) is 195 Å². The minimum Gasteiger partial charge on any atom is -0.308 e. The van der Waals surface area contributed by atoms with E-state index in [9.17, 15) is 0 Å². The van der Waals surface area contributed by atoms with Crippen molar-refractivity contribution in [1.29, 1.82) is 0 Å². The van der Waals surface area contributed by atoms with Crippen molar-refractivity contribution in [2.75, 3.05) is 0 Å². The summed E-state index contributed by atoms with van der Waals surface area (Å²) in [7, 11) is 0. The van der Waals surface area contributed by atoms with Crippen LogP contribution in [0.5, 0.6) is 0 Å². The van der Waals surface area contributed by atoms with Gasteiger partial charge >= 0.3 is 0 Å². The summed E-state index contributed by atoms with van der Waals surface area (Å²) in [5, 5.41) is 3.41. The van der Waals surface area contributed by atoms with Crippen LogP contribution in [0.4, 0.5) is 0 Å². The van der Waals surface area contributed by atoms with Crippen LogP contribution in [0.15, 0.2) is 194 Å². The number of hydrogen-bond donors (Lipinski definition) is 0. The molecule has 12 rings (SSSR count). The predicted molar refractivity (Wildman–Crippen MR) is 260 cm³/mol. The number of pyridine rings is 1. The normalized spacial score (nSPS) is 15.3. The molecule has 3 aromatic heterocycles. The van der Waals surface area contributed by atoms with E-state index < -0.39 is 0 Å². The number of rotatable bonds is 6. The molecule has 7 aromatic carbocycles. The Hall–Kier alpha value is -7.76. The molecule has 10 aromatic rings. The quantitative estimate of drug-likeness (QED) is 0.168. The van der Waals surface area contributed by atoms with Crippen LogP contribution in [0.3, 0.4) is 0 Å². The summed E-state index contributed by atoms with van der Waals surface area (Å²) < 4.78 is 2.38. The molecule has 63 heavy (non-hydrogen) atoms. The zero-order chi connectivity index (χ0) is 42.2. The van der Waals surface area contributed by atoms with Gasteiger partial charge in [-0.15, -0.1) is 0 Å². The van der Waals surface area contributed by atoms with E-state index in [1.165, 1.54) is 33.4 Å². The van der Waals surface area contributed by atoms with Crippen LogP contribution in [-0.4, -0.2) is 24.5 Å². The highest BCUT2D eigenvalue weighted by Gasteiger charge is 2.38. The molecule has 5 nitrogen and oxygen atoms in total. The van der Waals surface area contributed by atoms with Crippen molar-refractivity contribution in [1.82, 2.24) is 24.5 Å². The van der Waals surface area contributed by atoms with Gasteiger partial charge < -0.3 is 4.57 Å². The minimum absolute atomic E-state index is 0.0222. The highest BCUT2D eigenvalue weighted by atomic mass is 15.0. The molecular weight excluding hydrogens is 767 g/mol. The third kappa shape index (κ3) is 6.06. The molecule has 0 N–H and O–H groups in total. The summed E-state index contributed by atoms with van der Waals surface area (Å²) in [5.41, 5.74) is 17.3. The molecule has 0 amide bonds. The molecule has 1 unspecified atom stereocenters. The Morgan fingerprint density at radius 1 is 0.524 bits per heavy atom. The maximum Gasteiger partial charge on any atom is 0.164 e. The first-order chi connectivity index (χ1) is 30.9. The van der Waals surface area contributed by atoms with Crippen LogP contribution in [-0.2, 0) is 5.41 Å². The molecule has 2 aliphatic rings. The van der Waals surface area contributed by atoms with E-state index in [-0.39, 0.29) is 5.41 Å². The van der Waals surface area contributed by atoms with E-state index in [0.29, 0.717) is 23.4 Å². The maximum absolute atomic E-state index is 5.35. The van der Waals surface area contributed by atoms with Crippen molar-refractivity contribution < 1.29 is 0 Å². The first-order valence-corrected chi connectivity index (χ1v) is 21.9. The van der Waals surface area contributed by atoms with E-state index in [0.717, 1.165) is 72.8 Å². The van der Waals surface area contributed by atoms with E-state index in [4.69, 9.17) is 19.9 Å². The second-order valence-corrected chi connectivity index (χ2v) is 17.5. The Labute approximate surface area is 366 Å². The Morgan fingerprint density at radius 2 is 1.08 bits per heavy atom. The molecule has 3 heterocycles. The third-order valence-electron chi connectivity index (χ3n) is 13.2. The van der Waals surface area contributed by atoms with Crippen molar-refractivity contribution in [2.24, 2.45) is 5.92 Å². The number of fused-ring (bicyclic) bond motifs is 7. The van der Waals surface area contributed by atoms with Gasteiger partial charge in [0.25, 0.3) is 0 Å². The Morgan fingerprint density at radius 3 is 1.78 bits per heavy atom. The molecule has 0 aliphatic heterocycles. The van der Waals surface area contributed by atoms with Crippen molar-refractivity contribution in [3.05, 3.63) is 205 Å². The van der Waals surface area contributed by atoms with Crippen LogP contribution in [0.2, 0.25) is 0 Å². The lowest BCUT2D eigenvalue weighted by molar-refractivity contribution is 0.643. The van der Waals surface area contributed by atoms with Gasteiger partial charge in [-0.2, -0.15) is 0 Å². The summed E-state index contributed by atoms with van der Waals surface area (Å²) in [5.74, 6) is 2.45. The summed E-state index contributed by atoms with van der Waals surface area (Å²) >= 11 is 0. The molecular formula is C58H43N5. The number of benzene rings is 7. The van der Waals surface area contributed by atoms with Gasteiger partial charge in [0.1, 0.15) is 0 Å². The fraction of sp³-hybridized carbons (Fsp3) is 0.103. The standard InChI is InChI=1S/C58H43N5/c1-36-22-33-48-47(34-36)44-32-31-42(35-49(44)58(48,2)3)37-23-27-40(28-24-37)56-60-55(39-14-6-4-7-15-39)61-57(62-56)41-29-25-38(26-30-41)53-52-46-19-11-13-21-51(46)63(43-16-8-5-9-17-43)54(52)45-18-10-12-20-50(45)59-53/h4-33,35-36H,34H2,1-3H3. The Bertz CT molecular complexity index is 3490. The number of para-hydroxylation sites is 3. The molecule has 0 saturated heterocycles. The molecule has 0 radical (unpaired) electrons. The number of nitrogens with zero attached hydrogens (tertiary/aromatic N) is 5. The summed E-state index contributed by atoms with van der Waals surface area (Å²) in [6.45, 7) is 7.04. The van der Waals surface area contributed by atoms with Gasteiger partial charge in [-0.1, -0.05) is 179 Å². The van der Waals surface area contributed by atoms with Gasteiger partial charge in [0.15, 0.2) is 17.5 Å². The fourth-order valence-corrected chi connectivity index (χ4v) is 10.0. The lowest BCUT2D eigenvalue weighted by Crippen LogP contribution is -2.17. The topological polar surface area (TPSA) is 56.5 Å². The largest absolute Gasteiger partial charge is 0.308 e. The zero-order valence-corrected chi connectivity index (χ0v) is 35.4. The van der Waals surface area contributed by atoms with Gasteiger partial charge in [0.2, 0.25) is 0 Å². The van der Waals surface area contributed by atoms with Crippen molar-refractivity contribution in [2.45, 2.75) is 32.6 Å². The van der Waals surface area contributed by atoms with Crippen molar-refractivity contribution in [3.8, 4) is 62.2 Å². The Balaban J connectivity index is 0.937. The van der Waals surface area contributed by atoms with E-state index in [1.807, 2.05) is 18.2 Å². The highest BCUT2D eigenvalue weighted by molar-refractivity contribution is 6.22. The zero-order valence-electron chi connectivity index (χ0n) is 35.4. The van der Waals surface area contributed by atoms with Gasteiger partial charge in [-0.3, -0.25) is 0 Å². The lowest BCUT2D eigenvalue weighted by Gasteiger charge is -2.25. The lowest BCUT2D eigenvalue weighted by atomic mass is 9.78. The SMILES string of the molecule is CC1C=CC2=C(C1)c1ccc(-c3ccc(-c4nc(-c5ccccc5)nc(-c5ccc(-c6nc7ccccc7c7c6c6ccccc6n7-c6ccccc6)cc5)n4)cc3)cc1C2(C)C. The fourth-order valence-electron chi connectivity index (χ4n) is 10.0. The average Bonchev–Trinajstić information content (AvgIpc) is 3.80. The number of aromatic nitrogens is 5. The average molecular weight is 810 g/mol. The highest BCUT2D eigenvalue weighted by Crippen LogP contribution is 2.51. The molecule has 0 spiro atoms. The smallest absolute Gasteiger partial charge is 0.164 e. The van der Waals surface area contributed by atoms with Gasteiger partial charge in [0.05, 0.1) is 22.2 Å². The molecule has 300 valence electrons. The van der Waals surface area contributed by atoms with Gasteiger partial charge in [-0.05, 0) is 76.1 Å². The third-order valence-corrected chi connectivity index (χ3v) is 13.2.